The summed E-state index contributed by atoms with van der Waals surface area (Å²) in [5.41, 5.74) is 0.872. The Morgan fingerprint density at radius 3 is 2.70 bits per heavy atom. The molecule has 2 aromatic rings. The van der Waals surface area contributed by atoms with E-state index in [2.05, 4.69) is 4.72 Å². The van der Waals surface area contributed by atoms with Gasteiger partial charge in [0, 0.05) is 31.0 Å². The molecule has 1 N–H and O–H groups in total. The first-order valence-corrected chi connectivity index (χ1v) is 7.72. The Morgan fingerprint density at radius 1 is 1.35 bits per heavy atom. The van der Waals surface area contributed by atoms with Crippen molar-refractivity contribution in [3.8, 4) is 5.75 Å². The molecule has 0 aliphatic heterocycles. The molecular formula is C13H15ClN2O3S. The van der Waals surface area contributed by atoms with Gasteiger partial charge < -0.3 is 9.30 Å². The van der Waals surface area contributed by atoms with Gasteiger partial charge in [0.25, 0.3) is 0 Å². The fraction of sp³-hybridized carbons (Fsp3) is 0.231. The van der Waals surface area contributed by atoms with E-state index in [0.717, 1.165) is 5.56 Å². The molecule has 0 spiro atoms. The van der Waals surface area contributed by atoms with Crippen molar-refractivity contribution in [1.29, 1.82) is 0 Å². The molecule has 5 nitrogen and oxygen atoms in total. The quantitative estimate of drug-likeness (QED) is 0.920. The number of ether oxygens (including phenoxy) is 1. The van der Waals surface area contributed by atoms with Crippen LogP contribution in [0.15, 0.2) is 41.6 Å². The van der Waals surface area contributed by atoms with Gasteiger partial charge in [-0.05, 0) is 29.8 Å². The molecule has 1 heterocycles. The number of aromatic nitrogens is 1. The third-order valence-corrected chi connectivity index (χ3v) is 4.43. The van der Waals surface area contributed by atoms with Gasteiger partial charge in [0.2, 0.25) is 10.0 Å². The van der Waals surface area contributed by atoms with Crippen LogP contribution in [0, 0.1) is 0 Å². The molecule has 1 aromatic carbocycles. The van der Waals surface area contributed by atoms with Crippen LogP contribution in [0.2, 0.25) is 5.02 Å². The standard InChI is InChI=1S/C13H15ClN2O3S/c1-16-6-5-10(9-16)8-15-20(17,18)13-7-11(14)3-4-12(13)19-2/h3-7,9,15H,8H2,1-2H3. The first-order valence-electron chi connectivity index (χ1n) is 5.86. The molecule has 0 radical (unpaired) electrons. The zero-order valence-electron chi connectivity index (χ0n) is 11.1. The van der Waals surface area contributed by atoms with E-state index in [0.29, 0.717) is 5.02 Å². The minimum atomic E-state index is -3.68. The van der Waals surface area contributed by atoms with Crippen molar-refractivity contribution in [3.63, 3.8) is 0 Å². The smallest absolute Gasteiger partial charge is 0.244 e. The number of rotatable bonds is 5. The Labute approximate surface area is 123 Å². The minimum absolute atomic E-state index is 0.0310. The van der Waals surface area contributed by atoms with Gasteiger partial charge >= 0.3 is 0 Å². The molecule has 0 saturated heterocycles. The number of sulfonamides is 1. The Morgan fingerprint density at radius 2 is 2.10 bits per heavy atom. The summed E-state index contributed by atoms with van der Waals surface area (Å²) in [5.74, 6) is 0.259. The van der Waals surface area contributed by atoms with Crippen molar-refractivity contribution < 1.29 is 13.2 Å². The number of nitrogens with zero attached hydrogens (tertiary/aromatic N) is 1. The number of nitrogens with one attached hydrogen (secondary N) is 1. The Hall–Kier alpha value is -1.50. The summed E-state index contributed by atoms with van der Waals surface area (Å²) >= 11 is 5.85. The number of methoxy groups -OCH3 is 1. The maximum Gasteiger partial charge on any atom is 0.244 e. The molecule has 20 heavy (non-hydrogen) atoms. The van der Waals surface area contributed by atoms with Gasteiger partial charge in [0.1, 0.15) is 10.6 Å². The van der Waals surface area contributed by atoms with Gasteiger partial charge in [-0.3, -0.25) is 0 Å². The second-order valence-electron chi connectivity index (χ2n) is 4.30. The van der Waals surface area contributed by atoms with Gasteiger partial charge in [0.15, 0.2) is 0 Å². The lowest BCUT2D eigenvalue weighted by Gasteiger charge is -2.10. The molecule has 7 heteroatoms. The Kier molecular flexibility index (Phi) is 4.37. The van der Waals surface area contributed by atoms with Crippen LogP contribution in [0.4, 0.5) is 0 Å². The third-order valence-electron chi connectivity index (χ3n) is 2.77. The van der Waals surface area contributed by atoms with E-state index in [1.807, 2.05) is 30.1 Å². The largest absolute Gasteiger partial charge is 0.495 e. The van der Waals surface area contributed by atoms with Gasteiger partial charge in [0.05, 0.1) is 7.11 Å². The van der Waals surface area contributed by atoms with Crippen molar-refractivity contribution in [2.24, 2.45) is 7.05 Å². The van der Waals surface area contributed by atoms with Crippen LogP contribution in [0.25, 0.3) is 0 Å². The number of hydrogen-bond donors (Lipinski definition) is 1. The van der Waals surface area contributed by atoms with Crippen molar-refractivity contribution in [3.05, 3.63) is 47.2 Å². The van der Waals surface area contributed by atoms with Gasteiger partial charge in [-0.2, -0.15) is 0 Å². The lowest BCUT2D eigenvalue weighted by Crippen LogP contribution is -2.23. The van der Waals surface area contributed by atoms with Crippen LogP contribution in [0.1, 0.15) is 5.56 Å². The molecule has 0 amide bonds. The molecule has 0 unspecified atom stereocenters. The Bertz CT molecular complexity index is 710. The first kappa shape index (κ1) is 14.9. The second kappa shape index (κ2) is 5.87. The van der Waals surface area contributed by atoms with E-state index in [-0.39, 0.29) is 17.2 Å². The van der Waals surface area contributed by atoms with Crippen molar-refractivity contribution >= 4 is 21.6 Å². The summed E-state index contributed by atoms with van der Waals surface area (Å²) < 4.78 is 34.0. The van der Waals surface area contributed by atoms with E-state index >= 15 is 0 Å². The van der Waals surface area contributed by atoms with Crippen molar-refractivity contribution in [1.82, 2.24) is 9.29 Å². The highest BCUT2D eigenvalue weighted by atomic mass is 35.5. The Balaban J connectivity index is 2.24. The molecule has 0 saturated carbocycles. The molecule has 0 atom stereocenters. The van der Waals surface area contributed by atoms with Crippen LogP contribution in [-0.2, 0) is 23.6 Å². The molecule has 2 rings (SSSR count). The van der Waals surface area contributed by atoms with Gasteiger partial charge in [-0.25, -0.2) is 13.1 Å². The molecule has 1 aromatic heterocycles. The highest BCUT2D eigenvalue weighted by Gasteiger charge is 2.19. The fourth-order valence-electron chi connectivity index (χ4n) is 1.78. The summed E-state index contributed by atoms with van der Waals surface area (Å²) in [5, 5.41) is 0.339. The molecule has 0 aliphatic rings. The lowest BCUT2D eigenvalue weighted by atomic mass is 10.3. The first-order chi connectivity index (χ1) is 9.42. The molecule has 108 valence electrons. The number of benzene rings is 1. The average molecular weight is 315 g/mol. The summed E-state index contributed by atoms with van der Waals surface area (Å²) in [4.78, 5) is 0.0310. The summed E-state index contributed by atoms with van der Waals surface area (Å²) in [6, 6.07) is 6.32. The zero-order valence-corrected chi connectivity index (χ0v) is 12.7. The van der Waals surface area contributed by atoms with Gasteiger partial charge in [-0.15, -0.1) is 0 Å². The molecule has 0 aliphatic carbocycles. The summed E-state index contributed by atoms with van der Waals surface area (Å²) in [6.45, 7) is 0.207. The third kappa shape index (κ3) is 3.33. The van der Waals surface area contributed by atoms with E-state index in [9.17, 15) is 8.42 Å². The fourth-order valence-corrected chi connectivity index (χ4v) is 3.23. The van der Waals surface area contributed by atoms with E-state index in [1.165, 1.54) is 19.2 Å². The molecular weight excluding hydrogens is 300 g/mol. The molecule has 0 fully saturated rings. The highest BCUT2D eigenvalue weighted by molar-refractivity contribution is 7.89. The van der Waals surface area contributed by atoms with Crippen molar-refractivity contribution in [2.75, 3.05) is 7.11 Å². The van der Waals surface area contributed by atoms with Crippen molar-refractivity contribution in [2.45, 2.75) is 11.4 Å². The van der Waals surface area contributed by atoms with E-state index in [1.54, 1.807) is 6.07 Å². The summed E-state index contributed by atoms with van der Waals surface area (Å²) in [6.07, 6.45) is 3.70. The normalized spacial score (nSPS) is 11.6. The highest BCUT2D eigenvalue weighted by Crippen LogP contribution is 2.26. The second-order valence-corrected chi connectivity index (χ2v) is 6.48. The maximum absolute atomic E-state index is 12.3. The SMILES string of the molecule is COc1ccc(Cl)cc1S(=O)(=O)NCc1ccn(C)c1. The predicted molar refractivity (Wildman–Crippen MR) is 77.4 cm³/mol. The van der Waals surface area contributed by atoms with Gasteiger partial charge in [-0.1, -0.05) is 11.6 Å². The minimum Gasteiger partial charge on any atom is -0.495 e. The zero-order chi connectivity index (χ0) is 14.8. The van der Waals surface area contributed by atoms with E-state index in [4.69, 9.17) is 16.3 Å². The molecule has 0 bridgehead atoms. The van der Waals surface area contributed by atoms with Crippen LogP contribution in [-0.4, -0.2) is 20.1 Å². The number of hydrogen-bond acceptors (Lipinski definition) is 3. The number of aryl methyl sites for hydroxylation is 1. The van der Waals surface area contributed by atoms with E-state index < -0.39 is 10.0 Å². The van der Waals surface area contributed by atoms with Crippen LogP contribution in [0.5, 0.6) is 5.75 Å². The average Bonchev–Trinajstić information content (AvgIpc) is 2.82. The van der Waals surface area contributed by atoms with Crippen LogP contribution < -0.4 is 9.46 Å². The predicted octanol–water partition coefficient (Wildman–Crippen LogP) is 2.17. The number of halogens is 1. The maximum atomic E-state index is 12.3. The lowest BCUT2D eigenvalue weighted by molar-refractivity contribution is 0.402. The van der Waals surface area contributed by atoms with Crippen LogP contribution >= 0.6 is 11.6 Å². The van der Waals surface area contributed by atoms with Crippen LogP contribution in [0.3, 0.4) is 0 Å². The topological polar surface area (TPSA) is 60.3 Å². The monoisotopic (exact) mass is 314 g/mol. The summed E-state index contributed by atoms with van der Waals surface area (Å²) in [7, 11) is -0.394.